The molecule has 0 atom stereocenters. The van der Waals surface area contributed by atoms with Crippen molar-refractivity contribution in [2.75, 3.05) is 44.7 Å². The van der Waals surface area contributed by atoms with E-state index < -0.39 is 5.82 Å². The van der Waals surface area contributed by atoms with Crippen LogP contribution in [-0.4, -0.2) is 65.4 Å². The van der Waals surface area contributed by atoms with Gasteiger partial charge in [-0.05, 0) is 31.4 Å². The summed E-state index contributed by atoms with van der Waals surface area (Å²) in [4.78, 5) is 8.46. The van der Waals surface area contributed by atoms with E-state index in [0.29, 0.717) is 31.9 Å². The molecule has 1 saturated heterocycles. The molecule has 0 radical (unpaired) electrons. The summed E-state index contributed by atoms with van der Waals surface area (Å²) < 4.78 is 29.9. The summed E-state index contributed by atoms with van der Waals surface area (Å²) in [7, 11) is 1.78. The van der Waals surface area contributed by atoms with Crippen LogP contribution in [0.15, 0.2) is 23.2 Å². The van der Waals surface area contributed by atoms with E-state index in [1.54, 1.807) is 7.05 Å². The lowest BCUT2D eigenvalue weighted by atomic mass is 10.2. The fourth-order valence-corrected chi connectivity index (χ4v) is 4.40. The van der Waals surface area contributed by atoms with Gasteiger partial charge in [-0.1, -0.05) is 6.42 Å². The number of benzene rings is 1. The number of aryl methyl sites for hydroxylation is 2. The number of nitrogens with zero attached hydrogens (tertiary/aromatic N) is 6. The molecule has 2 aliphatic heterocycles. The third-order valence-corrected chi connectivity index (χ3v) is 6.09. The normalized spacial score (nSPS) is 17.5. The second-order valence-electron chi connectivity index (χ2n) is 8.14. The van der Waals surface area contributed by atoms with Gasteiger partial charge in [-0.25, -0.2) is 8.78 Å². The fourth-order valence-electron chi connectivity index (χ4n) is 4.40. The minimum absolute atomic E-state index is 0.329. The Morgan fingerprint density at radius 3 is 2.71 bits per heavy atom. The third-order valence-electron chi connectivity index (χ3n) is 6.09. The average Bonchev–Trinajstić information content (AvgIpc) is 3.01. The number of halogens is 2. The molecule has 0 saturated carbocycles. The Balaban J connectivity index is 1.24. The van der Waals surface area contributed by atoms with Crippen LogP contribution < -0.4 is 10.2 Å². The summed E-state index contributed by atoms with van der Waals surface area (Å²) >= 11 is 0. The van der Waals surface area contributed by atoms with Gasteiger partial charge in [-0.2, -0.15) is 0 Å². The molecule has 1 N–H and O–H groups in total. The molecule has 0 aliphatic carbocycles. The summed E-state index contributed by atoms with van der Waals surface area (Å²) in [5, 5.41) is 12.2. The van der Waals surface area contributed by atoms with E-state index in [4.69, 9.17) is 0 Å². The Morgan fingerprint density at radius 1 is 1.06 bits per heavy atom. The maximum atomic E-state index is 14.1. The summed E-state index contributed by atoms with van der Waals surface area (Å²) in [6.45, 7) is 4.47. The number of aliphatic imine (C=N–C) groups is 1. The average molecular weight is 432 g/mol. The van der Waals surface area contributed by atoms with Gasteiger partial charge in [0.1, 0.15) is 23.3 Å². The largest absolute Gasteiger partial charge is 0.366 e. The SMILES string of the molecule is CN=C(NCCCc1nnc2n1CCCCC2)N1CCN(c2cc(F)ccc2F)CC1. The third kappa shape index (κ3) is 5.14. The van der Waals surface area contributed by atoms with Gasteiger partial charge in [0, 0.05) is 65.2 Å². The van der Waals surface area contributed by atoms with Crippen LogP contribution in [0, 0.1) is 11.6 Å². The molecule has 0 spiro atoms. The molecule has 0 unspecified atom stereocenters. The Kier molecular flexibility index (Phi) is 6.99. The Morgan fingerprint density at radius 2 is 1.90 bits per heavy atom. The van der Waals surface area contributed by atoms with Crippen LogP contribution in [0.3, 0.4) is 0 Å². The molecule has 0 bridgehead atoms. The van der Waals surface area contributed by atoms with Gasteiger partial charge in [0.05, 0.1) is 5.69 Å². The lowest BCUT2D eigenvalue weighted by molar-refractivity contribution is 0.370. The molecule has 2 aromatic rings. The topological polar surface area (TPSA) is 61.6 Å². The van der Waals surface area contributed by atoms with Crippen molar-refractivity contribution >= 4 is 11.6 Å². The van der Waals surface area contributed by atoms with Crippen molar-refractivity contribution in [3.05, 3.63) is 41.5 Å². The zero-order valence-electron chi connectivity index (χ0n) is 18.2. The number of guanidine groups is 1. The molecule has 3 heterocycles. The smallest absolute Gasteiger partial charge is 0.193 e. The second kappa shape index (κ2) is 10.1. The van der Waals surface area contributed by atoms with Crippen molar-refractivity contribution in [3.63, 3.8) is 0 Å². The molecule has 1 aromatic carbocycles. The highest BCUT2D eigenvalue weighted by molar-refractivity contribution is 5.80. The van der Waals surface area contributed by atoms with E-state index >= 15 is 0 Å². The van der Waals surface area contributed by atoms with Crippen molar-refractivity contribution in [2.45, 2.75) is 45.1 Å². The van der Waals surface area contributed by atoms with E-state index in [-0.39, 0.29) is 5.82 Å². The molecule has 1 fully saturated rings. The monoisotopic (exact) mass is 431 g/mol. The van der Waals surface area contributed by atoms with Gasteiger partial charge in [0.2, 0.25) is 0 Å². The fraction of sp³-hybridized carbons (Fsp3) is 0.591. The van der Waals surface area contributed by atoms with Crippen molar-refractivity contribution in [1.82, 2.24) is 25.0 Å². The van der Waals surface area contributed by atoms with Crippen LogP contribution in [0.5, 0.6) is 0 Å². The van der Waals surface area contributed by atoms with Gasteiger partial charge in [-0.15, -0.1) is 10.2 Å². The van der Waals surface area contributed by atoms with Crippen molar-refractivity contribution in [3.8, 4) is 0 Å². The van der Waals surface area contributed by atoms with E-state index in [1.165, 1.54) is 31.4 Å². The van der Waals surface area contributed by atoms with Crippen LogP contribution in [0.1, 0.15) is 37.3 Å². The highest BCUT2D eigenvalue weighted by Crippen LogP contribution is 2.22. The van der Waals surface area contributed by atoms with Gasteiger partial charge in [-0.3, -0.25) is 4.99 Å². The number of aromatic nitrogens is 3. The van der Waals surface area contributed by atoms with Gasteiger partial charge in [0.25, 0.3) is 0 Å². The molecule has 7 nitrogen and oxygen atoms in total. The molecule has 168 valence electrons. The maximum Gasteiger partial charge on any atom is 0.193 e. The molecule has 1 aromatic heterocycles. The van der Waals surface area contributed by atoms with Crippen LogP contribution in [0.4, 0.5) is 14.5 Å². The van der Waals surface area contributed by atoms with Crippen molar-refractivity contribution < 1.29 is 8.78 Å². The Bertz CT molecular complexity index is 903. The number of nitrogens with one attached hydrogen (secondary N) is 1. The number of hydrogen-bond acceptors (Lipinski definition) is 4. The summed E-state index contributed by atoms with van der Waals surface area (Å²) in [6.07, 6.45) is 6.54. The highest BCUT2D eigenvalue weighted by Gasteiger charge is 2.22. The minimum atomic E-state index is -0.416. The van der Waals surface area contributed by atoms with Gasteiger partial charge < -0.3 is 19.7 Å². The lowest BCUT2D eigenvalue weighted by Crippen LogP contribution is -2.52. The molecule has 9 heteroatoms. The second-order valence-corrected chi connectivity index (χ2v) is 8.14. The Labute approximate surface area is 182 Å². The van der Waals surface area contributed by atoms with Crippen LogP contribution in [0.2, 0.25) is 0 Å². The Hall–Kier alpha value is -2.71. The van der Waals surface area contributed by atoms with E-state index in [9.17, 15) is 8.78 Å². The highest BCUT2D eigenvalue weighted by atomic mass is 19.1. The summed E-state index contributed by atoms with van der Waals surface area (Å²) in [5.41, 5.74) is 0.329. The molecule has 31 heavy (non-hydrogen) atoms. The van der Waals surface area contributed by atoms with Crippen molar-refractivity contribution in [2.24, 2.45) is 4.99 Å². The zero-order valence-corrected chi connectivity index (χ0v) is 18.2. The van der Waals surface area contributed by atoms with Crippen LogP contribution >= 0.6 is 0 Å². The predicted octanol–water partition coefficient (Wildman–Crippen LogP) is 2.61. The zero-order chi connectivity index (χ0) is 21.6. The summed E-state index contributed by atoms with van der Waals surface area (Å²) in [6, 6.07) is 3.60. The van der Waals surface area contributed by atoms with Gasteiger partial charge in [0.15, 0.2) is 5.96 Å². The number of rotatable bonds is 5. The van der Waals surface area contributed by atoms with E-state index in [0.717, 1.165) is 56.0 Å². The summed E-state index contributed by atoms with van der Waals surface area (Å²) in [5.74, 6) is 2.26. The van der Waals surface area contributed by atoms with Gasteiger partial charge >= 0.3 is 0 Å². The molecule has 0 amide bonds. The van der Waals surface area contributed by atoms with Crippen LogP contribution in [0.25, 0.3) is 0 Å². The lowest BCUT2D eigenvalue weighted by Gasteiger charge is -2.37. The first kappa shape index (κ1) is 21.5. The minimum Gasteiger partial charge on any atom is -0.366 e. The van der Waals surface area contributed by atoms with Crippen LogP contribution in [-0.2, 0) is 19.4 Å². The standard InChI is InChI=1S/C22H31F2N7/c1-25-22(26-10-5-7-21-28-27-20-6-3-2-4-11-31(20)21)30-14-12-29(13-15-30)19-16-17(23)8-9-18(19)24/h8-9,16H,2-7,10-15H2,1H3,(H,25,26). The molecular formula is C22H31F2N7. The number of hydrogen-bond donors (Lipinski definition) is 1. The predicted molar refractivity (Wildman–Crippen MR) is 117 cm³/mol. The quantitative estimate of drug-likeness (QED) is 0.448. The van der Waals surface area contributed by atoms with Crippen molar-refractivity contribution in [1.29, 1.82) is 0 Å². The molecule has 2 aliphatic rings. The number of anilines is 1. The molecule has 4 rings (SSSR count). The first-order valence-electron chi connectivity index (χ1n) is 11.2. The number of fused-ring (bicyclic) bond motifs is 1. The van der Waals surface area contributed by atoms with E-state index in [2.05, 4.69) is 30.0 Å². The number of piperazine rings is 1. The first-order valence-corrected chi connectivity index (χ1v) is 11.2. The maximum absolute atomic E-state index is 14.1. The first-order chi connectivity index (χ1) is 15.2. The van der Waals surface area contributed by atoms with E-state index in [1.807, 2.05) is 4.90 Å². The molecular weight excluding hydrogens is 400 g/mol.